The number of rotatable bonds is 5. The minimum absolute atomic E-state index is 0.198. The van der Waals surface area contributed by atoms with Gasteiger partial charge in [0, 0.05) is 20.1 Å². The number of carbonyl (C=O) groups excluding carboxylic acids is 1. The molecular formula is C15H11BrCl2O3. The lowest BCUT2D eigenvalue weighted by atomic mass is 10.2. The Kier molecular flexibility index (Phi) is 5.51. The first-order valence-electron chi connectivity index (χ1n) is 5.95. The van der Waals surface area contributed by atoms with Crippen molar-refractivity contribution in [3.63, 3.8) is 0 Å². The van der Waals surface area contributed by atoms with E-state index in [0.717, 1.165) is 5.56 Å². The number of halogens is 3. The summed E-state index contributed by atoms with van der Waals surface area (Å²) in [6.45, 7) is 0.198. The molecule has 0 atom stereocenters. The number of aldehydes is 1. The maximum atomic E-state index is 11.2. The maximum Gasteiger partial charge on any atom is 0.173 e. The van der Waals surface area contributed by atoms with E-state index >= 15 is 0 Å². The summed E-state index contributed by atoms with van der Waals surface area (Å²) in [5.41, 5.74) is 1.15. The molecule has 3 nitrogen and oxygen atoms in total. The minimum Gasteiger partial charge on any atom is -0.493 e. The van der Waals surface area contributed by atoms with Gasteiger partial charge in [0.1, 0.15) is 6.61 Å². The fourth-order valence-corrected chi connectivity index (χ4v) is 2.63. The van der Waals surface area contributed by atoms with Crippen LogP contribution in [-0.4, -0.2) is 13.4 Å². The number of carbonyl (C=O) groups is 1. The van der Waals surface area contributed by atoms with Gasteiger partial charge in [0.25, 0.3) is 0 Å². The van der Waals surface area contributed by atoms with E-state index in [-0.39, 0.29) is 6.61 Å². The summed E-state index contributed by atoms with van der Waals surface area (Å²) in [7, 11) is 1.51. The molecule has 0 N–H and O–H groups in total. The standard InChI is InChI=1S/C15H11BrCl2O3/c1-20-14-5-4-12(16)11(7-19)15(14)21-8-9-2-3-10(17)6-13(9)18/h2-7H,8H2,1H3. The molecule has 0 bridgehead atoms. The Bertz CT molecular complexity index is 674. The molecule has 2 aromatic carbocycles. The van der Waals surface area contributed by atoms with E-state index < -0.39 is 0 Å². The lowest BCUT2D eigenvalue weighted by Crippen LogP contribution is -2.02. The molecule has 0 aliphatic carbocycles. The summed E-state index contributed by atoms with van der Waals surface area (Å²) in [4.78, 5) is 11.2. The van der Waals surface area contributed by atoms with Crippen LogP contribution in [0.15, 0.2) is 34.8 Å². The van der Waals surface area contributed by atoms with Crippen molar-refractivity contribution in [2.45, 2.75) is 6.61 Å². The highest BCUT2D eigenvalue weighted by molar-refractivity contribution is 9.10. The van der Waals surface area contributed by atoms with Crippen molar-refractivity contribution in [2.24, 2.45) is 0 Å². The van der Waals surface area contributed by atoms with Crippen molar-refractivity contribution in [3.8, 4) is 11.5 Å². The van der Waals surface area contributed by atoms with E-state index in [1.807, 2.05) is 0 Å². The highest BCUT2D eigenvalue weighted by atomic mass is 79.9. The third-order valence-corrected chi connectivity index (χ3v) is 4.11. The van der Waals surface area contributed by atoms with E-state index in [1.165, 1.54) is 7.11 Å². The lowest BCUT2D eigenvalue weighted by Gasteiger charge is -2.14. The second-order valence-electron chi connectivity index (χ2n) is 4.13. The molecule has 110 valence electrons. The van der Waals surface area contributed by atoms with Crippen LogP contribution in [0.5, 0.6) is 11.5 Å². The van der Waals surface area contributed by atoms with E-state index in [1.54, 1.807) is 30.3 Å². The van der Waals surface area contributed by atoms with Gasteiger partial charge in [-0.1, -0.05) is 29.3 Å². The second-order valence-corrected chi connectivity index (χ2v) is 5.83. The maximum absolute atomic E-state index is 11.2. The zero-order valence-electron chi connectivity index (χ0n) is 11.0. The quantitative estimate of drug-likeness (QED) is 0.663. The molecule has 0 aliphatic rings. The molecule has 0 radical (unpaired) electrons. The summed E-state index contributed by atoms with van der Waals surface area (Å²) >= 11 is 15.3. The zero-order valence-corrected chi connectivity index (χ0v) is 14.1. The number of benzene rings is 2. The number of methoxy groups -OCH3 is 1. The average Bonchev–Trinajstić information content (AvgIpc) is 2.46. The van der Waals surface area contributed by atoms with Crippen LogP contribution >= 0.6 is 39.1 Å². The Balaban J connectivity index is 2.30. The van der Waals surface area contributed by atoms with E-state index in [2.05, 4.69) is 15.9 Å². The van der Waals surface area contributed by atoms with Crippen LogP contribution in [0.4, 0.5) is 0 Å². The topological polar surface area (TPSA) is 35.5 Å². The Hall–Kier alpha value is -1.23. The molecule has 0 heterocycles. The molecule has 0 unspecified atom stereocenters. The molecule has 0 aliphatic heterocycles. The van der Waals surface area contributed by atoms with Crippen LogP contribution in [0.3, 0.4) is 0 Å². The van der Waals surface area contributed by atoms with Gasteiger partial charge in [-0.2, -0.15) is 0 Å². The van der Waals surface area contributed by atoms with Crippen LogP contribution < -0.4 is 9.47 Å². The van der Waals surface area contributed by atoms with Crippen molar-refractivity contribution in [2.75, 3.05) is 7.11 Å². The first-order valence-corrected chi connectivity index (χ1v) is 7.50. The monoisotopic (exact) mass is 388 g/mol. The Morgan fingerprint density at radius 2 is 2.00 bits per heavy atom. The number of ether oxygens (including phenoxy) is 2. The average molecular weight is 390 g/mol. The fourth-order valence-electron chi connectivity index (χ4n) is 1.76. The minimum atomic E-state index is 0.198. The van der Waals surface area contributed by atoms with Crippen LogP contribution in [0.1, 0.15) is 15.9 Å². The predicted octanol–water partition coefficient (Wildman–Crippen LogP) is 5.16. The highest BCUT2D eigenvalue weighted by Crippen LogP contribution is 2.36. The third kappa shape index (κ3) is 3.70. The largest absolute Gasteiger partial charge is 0.493 e. The summed E-state index contributed by atoms with van der Waals surface area (Å²) in [5.74, 6) is 0.846. The molecule has 0 saturated carbocycles. The normalized spacial score (nSPS) is 10.3. The van der Waals surface area contributed by atoms with Gasteiger partial charge in [-0.15, -0.1) is 0 Å². The Morgan fingerprint density at radius 1 is 1.24 bits per heavy atom. The molecule has 0 fully saturated rings. The molecule has 6 heteroatoms. The summed E-state index contributed by atoms with van der Waals surface area (Å²) in [6, 6.07) is 8.59. The van der Waals surface area contributed by atoms with Gasteiger partial charge >= 0.3 is 0 Å². The van der Waals surface area contributed by atoms with Gasteiger partial charge in [0.2, 0.25) is 0 Å². The van der Waals surface area contributed by atoms with Gasteiger partial charge in [-0.05, 0) is 40.2 Å². The lowest BCUT2D eigenvalue weighted by molar-refractivity contribution is 0.111. The van der Waals surface area contributed by atoms with E-state index in [0.29, 0.717) is 37.9 Å². The van der Waals surface area contributed by atoms with Crippen molar-refractivity contribution in [1.29, 1.82) is 0 Å². The van der Waals surface area contributed by atoms with Crippen molar-refractivity contribution in [1.82, 2.24) is 0 Å². The van der Waals surface area contributed by atoms with Gasteiger partial charge in [0.05, 0.1) is 12.7 Å². The molecule has 2 aromatic rings. The Labute approximate surface area is 140 Å². The van der Waals surface area contributed by atoms with Gasteiger partial charge in [0.15, 0.2) is 17.8 Å². The zero-order chi connectivity index (χ0) is 15.4. The molecular weight excluding hydrogens is 379 g/mol. The summed E-state index contributed by atoms with van der Waals surface area (Å²) in [5, 5.41) is 1.06. The van der Waals surface area contributed by atoms with Gasteiger partial charge < -0.3 is 9.47 Å². The number of hydrogen-bond donors (Lipinski definition) is 0. The van der Waals surface area contributed by atoms with Crippen LogP contribution in [0.25, 0.3) is 0 Å². The van der Waals surface area contributed by atoms with Crippen LogP contribution in [0.2, 0.25) is 10.0 Å². The summed E-state index contributed by atoms with van der Waals surface area (Å²) in [6.07, 6.45) is 0.714. The first kappa shape index (κ1) is 16.1. The molecule has 0 aromatic heterocycles. The van der Waals surface area contributed by atoms with Crippen LogP contribution in [0, 0.1) is 0 Å². The molecule has 2 rings (SSSR count). The molecule has 0 spiro atoms. The third-order valence-electron chi connectivity index (χ3n) is 2.83. The summed E-state index contributed by atoms with van der Waals surface area (Å²) < 4.78 is 11.6. The molecule has 0 saturated heterocycles. The van der Waals surface area contributed by atoms with Gasteiger partial charge in [-0.25, -0.2) is 0 Å². The van der Waals surface area contributed by atoms with Gasteiger partial charge in [-0.3, -0.25) is 4.79 Å². The SMILES string of the molecule is COc1ccc(Br)c(C=O)c1OCc1ccc(Cl)cc1Cl. The molecule has 0 amide bonds. The smallest absolute Gasteiger partial charge is 0.173 e. The second kappa shape index (κ2) is 7.16. The van der Waals surface area contributed by atoms with Crippen molar-refractivity contribution < 1.29 is 14.3 Å². The predicted molar refractivity (Wildman–Crippen MR) is 86.9 cm³/mol. The van der Waals surface area contributed by atoms with E-state index in [9.17, 15) is 4.79 Å². The molecule has 21 heavy (non-hydrogen) atoms. The number of hydrogen-bond acceptors (Lipinski definition) is 3. The van der Waals surface area contributed by atoms with Crippen LogP contribution in [-0.2, 0) is 6.61 Å². The van der Waals surface area contributed by atoms with Crippen molar-refractivity contribution in [3.05, 3.63) is 56.0 Å². The fraction of sp³-hybridized carbons (Fsp3) is 0.133. The first-order chi connectivity index (χ1) is 10.1. The highest BCUT2D eigenvalue weighted by Gasteiger charge is 2.14. The Morgan fingerprint density at radius 3 is 2.62 bits per heavy atom. The van der Waals surface area contributed by atoms with E-state index in [4.69, 9.17) is 32.7 Å². The van der Waals surface area contributed by atoms with Crippen molar-refractivity contribution >= 4 is 45.4 Å².